The molecule has 152 valence electrons. The highest BCUT2D eigenvalue weighted by Crippen LogP contribution is 2.36. The highest BCUT2D eigenvalue weighted by molar-refractivity contribution is 7.21. The van der Waals surface area contributed by atoms with Crippen molar-refractivity contribution in [1.29, 1.82) is 0 Å². The van der Waals surface area contributed by atoms with Gasteiger partial charge in [-0.2, -0.15) is 0 Å². The molecular formula is C23H19ClN2O3S. The molecule has 0 spiro atoms. The largest absolute Gasteiger partial charge is 0.507 e. The standard InChI is InChI=1S/C23H19ClN2O3S/c1-13-9-16(10-14(2)22(13)24)29-12-21(28)25-15-7-8-19(27)17(11-15)23-26-18-5-3-4-6-20(18)30-23/h3-11,27H,12H2,1-2H3,(H,25,28). The normalized spacial score (nSPS) is 10.9. The van der Waals surface area contributed by atoms with Crippen LogP contribution in [-0.4, -0.2) is 22.6 Å². The Bertz CT molecular complexity index is 1200. The van der Waals surface area contributed by atoms with Gasteiger partial charge in [-0.15, -0.1) is 11.3 Å². The number of hydrogen-bond donors (Lipinski definition) is 2. The maximum atomic E-state index is 12.4. The van der Waals surface area contributed by atoms with Crippen molar-refractivity contribution in [2.45, 2.75) is 13.8 Å². The molecule has 0 unspecified atom stereocenters. The molecule has 2 N–H and O–H groups in total. The first-order chi connectivity index (χ1) is 14.4. The van der Waals surface area contributed by atoms with Gasteiger partial charge in [-0.05, 0) is 67.4 Å². The van der Waals surface area contributed by atoms with Crippen molar-refractivity contribution in [3.63, 3.8) is 0 Å². The molecule has 1 amide bonds. The predicted molar refractivity (Wildman–Crippen MR) is 122 cm³/mol. The number of aromatic hydroxyl groups is 1. The summed E-state index contributed by atoms with van der Waals surface area (Å²) in [6, 6.07) is 16.3. The molecule has 0 bridgehead atoms. The fraction of sp³-hybridized carbons (Fsp3) is 0.130. The minimum absolute atomic E-state index is 0.107. The van der Waals surface area contributed by atoms with Gasteiger partial charge in [0.15, 0.2) is 6.61 Å². The van der Waals surface area contributed by atoms with E-state index in [1.807, 2.05) is 38.1 Å². The Kier molecular flexibility index (Phi) is 5.61. The highest BCUT2D eigenvalue weighted by atomic mass is 35.5. The van der Waals surface area contributed by atoms with Gasteiger partial charge >= 0.3 is 0 Å². The number of anilines is 1. The first kappa shape index (κ1) is 20.2. The molecule has 0 aliphatic carbocycles. The molecule has 0 radical (unpaired) electrons. The van der Waals surface area contributed by atoms with Gasteiger partial charge in [0.05, 0.1) is 15.8 Å². The summed E-state index contributed by atoms with van der Waals surface area (Å²) in [5.41, 5.74) is 3.78. The van der Waals surface area contributed by atoms with Crippen LogP contribution >= 0.6 is 22.9 Å². The van der Waals surface area contributed by atoms with E-state index in [1.165, 1.54) is 11.3 Å². The van der Waals surface area contributed by atoms with Crippen molar-refractivity contribution in [2.24, 2.45) is 0 Å². The van der Waals surface area contributed by atoms with Crippen LogP contribution in [0.2, 0.25) is 5.02 Å². The third-order valence-corrected chi connectivity index (χ3v) is 6.25. The van der Waals surface area contributed by atoms with E-state index in [0.29, 0.717) is 27.0 Å². The molecule has 5 nitrogen and oxygen atoms in total. The molecule has 30 heavy (non-hydrogen) atoms. The minimum atomic E-state index is -0.304. The lowest BCUT2D eigenvalue weighted by Gasteiger charge is -2.11. The van der Waals surface area contributed by atoms with Crippen LogP contribution in [0, 0.1) is 13.8 Å². The smallest absolute Gasteiger partial charge is 0.262 e. The third-order valence-electron chi connectivity index (χ3n) is 4.58. The molecule has 0 fully saturated rings. The number of thiazole rings is 1. The van der Waals surface area contributed by atoms with Crippen LogP contribution in [0.25, 0.3) is 20.8 Å². The van der Waals surface area contributed by atoms with Crippen LogP contribution in [0.4, 0.5) is 5.69 Å². The van der Waals surface area contributed by atoms with E-state index in [4.69, 9.17) is 16.3 Å². The number of nitrogens with one attached hydrogen (secondary N) is 1. The van der Waals surface area contributed by atoms with E-state index in [0.717, 1.165) is 21.3 Å². The lowest BCUT2D eigenvalue weighted by molar-refractivity contribution is -0.118. The second-order valence-corrected chi connectivity index (χ2v) is 8.34. The summed E-state index contributed by atoms with van der Waals surface area (Å²) >= 11 is 7.65. The van der Waals surface area contributed by atoms with Gasteiger partial charge < -0.3 is 15.2 Å². The zero-order valence-corrected chi connectivity index (χ0v) is 18.0. The van der Waals surface area contributed by atoms with E-state index in [9.17, 15) is 9.90 Å². The molecule has 0 atom stereocenters. The topological polar surface area (TPSA) is 71.5 Å². The summed E-state index contributed by atoms with van der Waals surface area (Å²) in [5.74, 6) is 0.391. The van der Waals surface area contributed by atoms with Crippen LogP contribution in [0.1, 0.15) is 11.1 Å². The number of ether oxygens (including phenoxy) is 1. The predicted octanol–water partition coefficient (Wildman–Crippen LogP) is 5.96. The number of phenolic OH excluding ortho intramolecular Hbond substituents is 1. The van der Waals surface area contributed by atoms with Crippen LogP contribution in [-0.2, 0) is 4.79 Å². The number of fused-ring (bicyclic) bond motifs is 1. The number of rotatable bonds is 5. The summed E-state index contributed by atoms with van der Waals surface area (Å²) in [5, 5.41) is 14.5. The molecule has 7 heteroatoms. The number of carbonyl (C=O) groups is 1. The average Bonchev–Trinajstić information content (AvgIpc) is 3.16. The molecule has 0 aliphatic heterocycles. The van der Waals surface area contributed by atoms with Crippen molar-refractivity contribution in [3.8, 4) is 22.1 Å². The minimum Gasteiger partial charge on any atom is -0.507 e. The third kappa shape index (κ3) is 4.25. The Labute approximate surface area is 182 Å². The molecule has 3 aromatic carbocycles. The highest BCUT2D eigenvalue weighted by Gasteiger charge is 2.13. The summed E-state index contributed by atoms with van der Waals surface area (Å²) < 4.78 is 6.64. The van der Waals surface area contributed by atoms with Gasteiger partial charge in [-0.25, -0.2) is 4.98 Å². The Morgan fingerprint density at radius 1 is 1.13 bits per heavy atom. The zero-order chi connectivity index (χ0) is 21.3. The van der Waals surface area contributed by atoms with Crippen molar-refractivity contribution in [1.82, 2.24) is 4.98 Å². The molecule has 4 aromatic rings. The number of aromatic nitrogens is 1. The molecule has 4 rings (SSSR count). The molecular weight excluding hydrogens is 420 g/mol. The monoisotopic (exact) mass is 438 g/mol. The van der Waals surface area contributed by atoms with Crippen LogP contribution in [0.3, 0.4) is 0 Å². The molecule has 1 heterocycles. The fourth-order valence-corrected chi connectivity index (χ4v) is 4.21. The number of phenols is 1. The van der Waals surface area contributed by atoms with E-state index in [2.05, 4.69) is 10.3 Å². The number of hydrogen-bond acceptors (Lipinski definition) is 5. The van der Waals surface area contributed by atoms with E-state index < -0.39 is 0 Å². The number of para-hydroxylation sites is 1. The number of carbonyl (C=O) groups excluding carboxylic acids is 1. The number of nitrogens with zero attached hydrogens (tertiary/aromatic N) is 1. The number of halogens is 1. The van der Waals surface area contributed by atoms with Gasteiger partial charge in [0.25, 0.3) is 5.91 Å². The first-order valence-corrected chi connectivity index (χ1v) is 10.5. The molecule has 0 saturated carbocycles. The SMILES string of the molecule is Cc1cc(OCC(=O)Nc2ccc(O)c(-c3nc4ccccc4s3)c2)cc(C)c1Cl. The molecule has 1 aromatic heterocycles. The van der Waals surface area contributed by atoms with Gasteiger partial charge in [-0.1, -0.05) is 23.7 Å². The van der Waals surface area contributed by atoms with Crippen molar-refractivity contribution in [3.05, 3.63) is 70.7 Å². The van der Waals surface area contributed by atoms with E-state index in [1.54, 1.807) is 30.3 Å². The number of amides is 1. The van der Waals surface area contributed by atoms with Gasteiger partial charge in [0.2, 0.25) is 0 Å². The summed E-state index contributed by atoms with van der Waals surface area (Å²) in [4.78, 5) is 16.9. The van der Waals surface area contributed by atoms with Crippen molar-refractivity contribution < 1.29 is 14.6 Å². The summed E-state index contributed by atoms with van der Waals surface area (Å²) in [7, 11) is 0. The number of aryl methyl sites for hydroxylation is 2. The summed E-state index contributed by atoms with van der Waals surface area (Å²) in [6.07, 6.45) is 0. The lowest BCUT2D eigenvalue weighted by atomic mass is 10.1. The Balaban J connectivity index is 1.48. The maximum absolute atomic E-state index is 12.4. The first-order valence-electron chi connectivity index (χ1n) is 9.29. The summed E-state index contributed by atoms with van der Waals surface area (Å²) in [6.45, 7) is 3.64. The van der Waals surface area contributed by atoms with Crippen molar-refractivity contribution >= 4 is 44.7 Å². The van der Waals surface area contributed by atoms with Gasteiger partial charge in [0.1, 0.15) is 16.5 Å². The number of benzene rings is 3. The van der Waals surface area contributed by atoms with Gasteiger partial charge in [0, 0.05) is 10.7 Å². The second-order valence-electron chi connectivity index (χ2n) is 6.93. The quantitative estimate of drug-likeness (QED) is 0.377. The van der Waals surface area contributed by atoms with Gasteiger partial charge in [-0.3, -0.25) is 4.79 Å². The Morgan fingerprint density at radius 3 is 2.60 bits per heavy atom. The molecule has 0 aliphatic rings. The average molecular weight is 439 g/mol. The van der Waals surface area contributed by atoms with Crippen LogP contribution < -0.4 is 10.1 Å². The second kappa shape index (κ2) is 8.34. The van der Waals surface area contributed by atoms with Crippen LogP contribution in [0.5, 0.6) is 11.5 Å². The molecule has 0 saturated heterocycles. The zero-order valence-electron chi connectivity index (χ0n) is 16.4. The van der Waals surface area contributed by atoms with Crippen molar-refractivity contribution in [2.75, 3.05) is 11.9 Å². The van der Waals surface area contributed by atoms with E-state index >= 15 is 0 Å². The maximum Gasteiger partial charge on any atom is 0.262 e. The van der Waals surface area contributed by atoms with Crippen LogP contribution in [0.15, 0.2) is 54.6 Å². The lowest BCUT2D eigenvalue weighted by Crippen LogP contribution is -2.20. The van der Waals surface area contributed by atoms with E-state index in [-0.39, 0.29) is 18.3 Å². The Morgan fingerprint density at radius 2 is 1.87 bits per heavy atom. The fourth-order valence-electron chi connectivity index (χ4n) is 3.11. The Hall–Kier alpha value is -3.09.